The third-order valence-electron chi connectivity index (χ3n) is 6.64. The summed E-state index contributed by atoms with van der Waals surface area (Å²) in [5.74, 6) is -1.77. The molecule has 1 aromatic rings. The van der Waals surface area contributed by atoms with Gasteiger partial charge in [0.05, 0.1) is 18.6 Å². The normalized spacial score (nSPS) is 25.8. The van der Waals surface area contributed by atoms with Crippen molar-refractivity contribution in [3.05, 3.63) is 12.1 Å². The Morgan fingerprint density at radius 2 is 1.91 bits per heavy atom. The summed E-state index contributed by atoms with van der Waals surface area (Å²) in [5, 5.41) is 13.3. The van der Waals surface area contributed by atoms with Crippen molar-refractivity contribution in [3.8, 4) is 0 Å². The summed E-state index contributed by atoms with van der Waals surface area (Å²) in [6.07, 6.45) is -0.932. The van der Waals surface area contributed by atoms with Crippen LogP contribution < -0.4 is 16.0 Å². The number of aliphatic hydroxyl groups excluding tert-OH is 1. The molecule has 0 amide bonds. The quantitative estimate of drug-likeness (QED) is 0.375. The topological polar surface area (TPSA) is 108 Å². The summed E-state index contributed by atoms with van der Waals surface area (Å²) in [4.78, 5) is 22.1. The second-order valence-electron chi connectivity index (χ2n) is 8.92. The smallest absolute Gasteiger partial charge is 0.391 e. The molecule has 1 saturated carbocycles. The maximum atomic E-state index is 15.0. The van der Waals surface area contributed by atoms with Gasteiger partial charge in [-0.15, -0.1) is 0 Å². The van der Waals surface area contributed by atoms with Gasteiger partial charge in [-0.2, -0.15) is 17.6 Å². The molecule has 2 fully saturated rings. The number of aromatic nitrogens is 2. The Labute approximate surface area is 197 Å². The molecule has 1 aliphatic heterocycles. The molecule has 34 heavy (non-hydrogen) atoms. The molecule has 0 radical (unpaired) electrons. The van der Waals surface area contributed by atoms with Crippen molar-refractivity contribution < 1.29 is 27.5 Å². The average Bonchev–Trinajstić information content (AvgIpc) is 2.80. The number of carbonyl (C=O) groups is 1. The van der Waals surface area contributed by atoms with Gasteiger partial charge in [0.1, 0.15) is 12.6 Å². The summed E-state index contributed by atoms with van der Waals surface area (Å²) in [5.41, 5.74) is 4.50. The largest absolute Gasteiger partial charge is 0.391 e. The first-order valence-corrected chi connectivity index (χ1v) is 11.6. The zero-order valence-corrected chi connectivity index (χ0v) is 19.8. The number of nitrogens with zero attached hydrogens (tertiary/aromatic N) is 4. The molecular weight excluding hydrogens is 456 g/mol. The third-order valence-corrected chi connectivity index (χ3v) is 6.64. The van der Waals surface area contributed by atoms with E-state index in [1.165, 1.54) is 13.4 Å². The Balaban J connectivity index is 0.00000199. The number of β-amino-alcohol motifs (C(OH)–C–C–N with tert-alkyl or cyclic N) is 1. The number of nitrogens with two attached hydrogens (primary N) is 1. The van der Waals surface area contributed by atoms with E-state index >= 15 is 4.39 Å². The fraction of sp³-hybridized carbons (Fsp3) is 0.773. The number of hydrogen-bond acceptors (Lipinski definition) is 8. The van der Waals surface area contributed by atoms with Crippen molar-refractivity contribution >= 4 is 17.9 Å². The highest BCUT2D eigenvalue weighted by atomic mass is 19.4. The van der Waals surface area contributed by atoms with Crippen LogP contribution in [0.5, 0.6) is 0 Å². The number of carbonyl (C=O) groups excluding carboxylic acids is 1. The van der Waals surface area contributed by atoms with Crippen LogP contribution in [0, 0.1) is 23.6 Å². The number of aldehydes is 1. The SMILES string of the molecule is CN.CN(CC1CCC(C(F)(F)F)CC1)c1ncnc(NCC2CCN(CC=O)CC2O)c1F. The minimum atomic E-state index is -4.14. The highest BCUT2D eigenvalue weighted by Gasteiger charge is 2.41. The van der Waals surface area contributed by atoms with Gasteiger partial charge >= 0.3 is 6.18 Å². The zero-order valence-electron chi connectivity index (χ0n) is 19.8. The van der Waals surface area contributed by atoms with Gasteiger partial charge in [-0.25, -0.2) is 9.97 Å². The van der Waals surface area contributed by atoms with Crippen molar-refractivity contribution in [1.82, 2.24) is 14.9 Å². The standard InChI is InChI=1S/C21H31F4N5O2.CH5N/c1-29(11-14-2-4-16(5-3-14)21(23,24)25)20-18(22)19(27-13-28-20)26-10-15-6-7-30(8-9-31)12-17(15)32;1-2/h9,13-17,32H,2-8,10-12H2,1H3,(H,26,27,28);2H2,1H3. The molecular formula is C22H36F4N6O2. The van der Waals surface area contributed by atoms with Crippen LogP contribution in [0.3, 0.4) is 0 Å². The van der Waals surface area contributed by atoms with E-state index in [-0.39, 0.29) is 42.9 Å². The first-order chi connectivity index (χ1) is 16.2. The van der Waals surface area contributed by atoms with Crippen LogP contribution in [0.25, 0.3) is 0 Å². The lowest BCUT2D eigenvalue weighted by Crippen LogP contribution is -2.46. The van der Waals surface area contributed by atoms with Crippen LogP contribution in [0.4, 0.5) is 29.2 Å². The van der Waals surface area contributed by atoms with Gasteiger partial charge in [-0.3, -0.25) is 4.90 Å². The first-order valence-electron chi connectivity index (χ1n) is 11.6. The number of alkyl halides is 3. The second kappa shape index (κ2) is 13.1. The van der Waals surface area contributed by atoms with Crippen LogP contribution in [-0.2, 0) is 4.79 Å². The molecule has 12 heteroatoms. The molecule has 1 aliphatic carbocycles. The van der Waals surface area contributed by atoms with Crippen LogP contribution >= 0.6 is 0 Å². The van der Waals surface area contributed by atoms with Gasteiger partial charge in [0, 0.05) is 32.6 Å². The minimum absolute atomic E-state index is 0.0325. The Hall–Kier alpha value is -2.05. The van der Waals surface area contributed by atoms with Crippen molar-refractivity contribution in [2.75, 3.05) is 57.0 Å². The molecule has 3 rings (SSSR count). The van der Waals surface area contributed by atoms with E-state index in [0.717, 1.165) is 6.29 Å². The highest BCUT2D eigenvalue weighted by molar-refractivity contribution is 5.52. The Bertz CT molecular complexity index is 761. The van der Waals surface area contributed by atoms with Gasteiger partial charge < -0.3 is 25.9 Å². The van der Waals surface area contributed by atoms with Gasteiger partial charge in [0.2, 0.25) is 5.82 Å². The molecule has 0 spiro atoms. The predicted molar refractivity (Wildman–Crippen MR) is 122 cm³/mol. The molecule has 2 unspecified atom stereocenters. The van der Waals surface area contributed by atoms with Crippen molar-refractivity contribution in [3.63, 3.8) is 0 Å². The lowest BCUT2D eigenvalue weighted by molar-refractivity contribution is -0.183. The van der Waals surface area contributed by atoms with Crippen LogP contribution in [-0.4, -0.2) is 85.4 Å². The van der Waals surface area contributed by atoms with E-state index in [1.54, 1.807) is 11.9 Å². The summed E-state index contributed by atoms with van der Waals surface area (Å²) in [6, 6.07) is 0. The molecule has 1 aromatic heterocycles. The minimum Gasteiger partial charge on any atom is -0.391 e. The maximum Gasteiger partial charge on any atom is 0.391 e. The highest BCUT2D eigenvalue weighted by Crippen LogP contribution is 2.40. The van der Waals surface area contributed by atoms with E-state index in [4.69, 9.17) is 0 Å². The number of hydrogen-bond donors (Lipinski definition) is 3. The number of rotatable bonds is 8. The van der Waals surface area contributed by atoms with Crippen molar-refractivity contribution in [2.45, 2.75) is 44.4 Å². The molecule has 8 nitrogen and oxygen atoms in total. The lowest BCUT2D eigenvalue weighted by Gasteiger charge is -2.35. The van der Waals surface area contributed by atoms with Crippen molar-refractivity contribution in [2.24, 2.45) is 23.5 Å². The van der Waals surface area contributed by atoms with Crippen LogP contribution in [0.1, 0.15) is 32.1 Å². The number of halogens is 4. The van der Waals surface area contributed by atoms with E-state index in [2.05, 4.69) is 21.0 Å². The van der Waals surface area contributed by atoms with E-state index < -0.39 is 24.0 Å². The van der Waals surface area contributed by atoms with Crippen LogP contribution in [0.15, 0.2) is 6.33 Å². The fourth-order valence-electron chi connectivity index (χ4n) is 4.68. The Morgan fingerprint density at radius 3 is 2.50 bits per heavy atom. The monoisotopic (exact) mass is 492 g/mol. The van der Waals surface area contributed by atoms with E-state index in [1.807, 2.05) is 4.90 Å². The summed E-state index contributed by atoms with van der Waals surface area (Å²) >= 11 is 0. The second-order valence-corrected chi connectivity index (χ2v) is 8.92. The number of piperidine rings is 1. The van der Waals surface area contributed by atoms with Gasteiger partial charge in [-0.05, 0) is 51.6 Å². The molecule has 0 bridgehead atoms. The molecule has 2 atom stereocenters. The lowest BCUT2D eigenvalue weighted by atomic mass is 9.81. The van der Waals surface area contributed by atoms with Gasteiger partial charge in [-0.1, -0.05) is 0 Å². The van der Waals surface area contributed by atoms with Gasteiger partial charge in [0.15, 0.2) is 11.6 Å². The number of likely N-dealkylation sites (tertiary alicyclic amines) is 1. The molecule has 1 saturated heterocycles. The van der Waals surface area contributed by atoms with E-state index in [0.29, 0.717) is 45.4 Å². The summed E-state index contributed by atoms with van der Waals surface area (Å²) in [7, 11) is 3.18. The molecule has 0 aromatic carbocycles. The Kier molecular flexibility index (Phi) is 10.9. The third kappa shape index (κ3) is 7.74. The maximum absolute atomic E-state index is 15.0. The van der Waals surface area contributed by atoms with E-state index in [9.17, 15) is 23.1 Å². The molecule has 194 valence electrons. The zero-order chi connectivity index (χ0) is 25.3. The number of nitrogens with one attached hydrogen (secondary N) is 1. The average molecular weight is 493 g/mol. The van der Waals surface area contributed by atoms with Gasteiger partial charge in [0.25, 0.3) is 0 Å². The van der Waals surface area contributed by atoms with Crippen LogP contribution in [0.2, 0.25) is 0 Å². The Morgan fingerprint density at radius 1 is 1.24 bits per heavy atom. The van der Waals surface area contributed by atoms with Crippen molar-refractivity contribution in [1.29, 1.82) is 0 Å². The molecule has 2 aliphatic rings. The number of aliphatic hydroxyl groups is 1. The molecule has 2 heterocycles. The summed E-state index contributed by atoms with van der Waals surface area (Å²) in [6.45, 7) is 2.10. The fourth-order valence-corrected chi connectivity index (χ4v) is 4.68. The summed E-state index contributed by atoms with van der Waals surface area (Å²) < 4.78 is 53.6. The predicted octanol–water partition coefficient (Wildman–Crippen LogP) is 2.29. The first kappa shape index (κ1) is 28.2. The molecule has 4 N–H and O–H groups in total. The number of anilines is 2.